The molecule has 0 radical (unpaired) electrons. The lowest BCUT2D eigenvalue weighted by molar-refractivity contribution is -0.202. The second kappa shape index (κ2) is 5.32. The summed E-state index contributed by atoms with van der Waals surface area (Å²) in [4.78, 5) is 11.6. The molecule has 1 saturated heterocycles. The maximum absolute atomic E-state index is 11.6. The topological polar surface area (TPSA) is 44.8 Å². The Balaban J connectivity index is 2.52. The van der Waals surface area contributed by atoms with Crippen molar-refractivity contribution in [3.05, 3.63) is 11.8 Å². The lowest BCUT2D eigenvalue weighted by atomic mass is 10.2. The van der Waals surface area contributed by atoms with Crippen molar-refractivity contribution in [2.45, 2.75) is 31.6 Å². The second-order valence-electron chi connectivity index (χ2n) is 3.87. The highest BCUT2D eigenvalue weighted by molar-refractivity contribution is 6.14. The number of hydrogen-bond acceptors (Lipinski definition) is 4. The number of ether oxygens (including phenoxy) is 3. The Morgan fingerprint density at radius 1 is 1.53 bits per heavy atom. The summed E-state index contributed by atoms with van der Waals surface area (Å²) in [5.74, 6) is -0.353. The Morgan fingerprint density at radius 2 is 2.27 bits per heavy atom. The zero-order chi connectivity index (χ0) is 11.3. The molecular weight excluding hydrogens is 212 g/mol. The summed E-state index contributed by atoms with van der Waals surface area (Å²) in [7, 11) is 2.20. The maximum Gasteiger partial charge on any atom is 0.339 e. The number of hydrogen-bond donors (Lipinski definition) is 0. The lowest BCUT2D eigenvalue weighted by Crippen LogP contribution is -2.41. The van der Waals surface area contributed by atoms with Gasteiger partial charge in [0.05, 0.1) is 35.8 Å². The first-order valence-electron chi connectivity index (χ1n) is 5.14. The van der Waals surface area contributed by atoms with Crippen LogP contribution in [0.3, 0.4) is 0 Å². The van der Waals surface area contributed by atoms with E-state index in [-0.39, 0.29) is 5.97 Å². The van der Waals surface area contributed by atoms with Gasteiger partial charge in [0.15, 0.2) is 5.41 Å². The van der Waals surface area contributed by atoms with E-state index < -0.39 is 5.41 Å². The fourth-order valence-corrected chi connectivity index (χ4v) is 2.23. The van der Waals surface area contributed by atoms with Gasteiger partial charge >= 0.3 is 5.97 Å². The predicted molar refractivity (Wildman–Crippen MR) is 59.3 cm³/mol. The van der Waals surface area contributed by atoms with Gasteiger partial charge in [-0.25, -0.2) is 4.79 Å². The number of carbonyl (C=O) groups is 1. The van der Waals surface area contributed by atoms with Crippen molar-refractivity contribution in [3.8, 4) is 0 Å². The van der Waals surface area contributed by atoms with E-state index in [2.05, 4.69) is 0 Å². The molecular formula is C10H18O4Si. The molecule has 1 aliphatic rings. The van der Waals surface area contributed by atoms with E-state index in [1.54, 1.807) is 6.92 Å². The molecule has 1 fully saturated rings. The molecule has 1 aliphatic heterocycles. The van der Waals surface area contributed by atoms with Gasteiger partial charge in [-0.15, -0.1) is 0 Å². The molecule has 0 aromatic heterocycles. The molecule has 0 aliphatic carbocycles. The van der Waals surface area contributed by atoms with Gasteiger partial charge in [-0.1, -0.05) is 0 Å². The molecule has 15 heavy (non-hydrogen) atoms. The van der Waals surface area contributed by atoms with Gasteiger partial charge in [-0.05, 0) is 19.8 Å². The summed E-state index contributed by atoms with van der Waals surface area (Å²) in [6, 6.07) is 0. The van der Waals surface area contributed by atoms with Gasteiger partial charge in [-0.2, -0.15) is 0 Å². The first-order valence-corrected chi connectivity index (χ1v) is 6.14. The van der Waals surface area contributed by atoms with Crippen LogP contribution in [0.25, 0.3) is 0 Å². The Morgan fingerprint density at radius 3 is 2.80 bits per heavy atom. The van der Waals surface area contributed by atoms with E-state index in [0.717, 1.165) is 19.3 Å². The van der Waals surface area contributed by atoms with Crippen molar-refractivity contribution in [1.82, 2.24) is 0 Å². The third kappa shape index (κ3) is 3.68. The number of methoxy groups -OCH3 is 1. The van der Waals surface area contributed by atoms with Gasteiger partial charge in [0, 0.05) is 6.42 Å². The molecule has 0 amide bonds. The largest absolute Gasteiger partial charge is 0.504 e. The quantitative estimate of drug-likeness (QED) is 0.303. The highest BCUT2D eigenvalue weighted by Gasteiger charge is 2.31. The monoisotopic (exact) mass is 230 g/mol. The molecule has 1 atom stereocenters. The Bertz CT molecular complexity index is 256. The fraction of sp³-hybridized carbons (Fsp3) is 0.700. The summed E-state index contributed by atoms with van der Waals surface area (Å²) < 4.78 is 15.6. The number of carbonyl (C=O) groups excluding carboxylic acids is 1. The van der Waals surface area contributed by atoms with E-state index >= 15 is 0 Å². The zero-order valence-electron chi connectivity index (χ0n) is 9.54. The summed E-state index contributed by atoms with van der Waals surface area (Å²) in [6.07, 6.45) is 4.31. The Kier molecular flexibility index (Phi) is 4.35. The van der Waals surface area contributed by atoms with Gasteiger partial charge < -0.3 is 14.2 Å². The summed E-state index contributed by atoms with van der Waals surface area (Å²) in [6.45, 7) is 2.35. The SMILES string of the molecule is COC=C(C)C(=O)OC1([SiH3])CCCCO1. The smallest absolute Gasteiger partial charge is 0.339 e. The van der Waals surface area contributed by atoms with Crippen LogP contribution in [-0.4, -0.2) is 35.3 Å². The molecule has 0 aromatic carbocycles. The molecule has 0 spiro atoms. The summed E-state index contributed by atoms with van der Waals surface area (Å²) in [5, 5.41) is 0. The van der Waals surface area contributed by atoms with Crippen molar-refractivity contribution in [1.29, 1.82) is 0 Å². The normalized spacial score (nSPS) is 27.5. The third-order valence-corrected chi connectivity index (χ3v) is 3.35. The molecule has 1 rings (SSSR count). The lowest BCUT2D eigenvalue weighted by Gasteiger charge is -2.33. The van der Waals surface area contributed by atoms with Gasteiger partial charge in [-0.3, -0.25) is 0 Å². The van der Waals surface area contributed by atoms with E-state index in [4.69, 9.17) is 14.2 Å². The Hall–Kier alpha value is -0.813. The molecule has 0 N–H and O–H groups in total. The standard InChI is InChI=1S/C10H18O4Si/c1-8(7-12-2)9(11)14-10(15)5-3-4-6-13-10/h7H,3-6H2,1-2,15H3. The summed E-state index contributed by atoms with van der Waals surface area (Å²) in [5.41, 5.74) is -0.167. The highest BCUT2D eigenvalue weighted by atomic mass is 28.1. The van der Waals surface area contributed by atoms with Crippen LogP contribution in [0.4, 0.5) is 0 Å². The van der Waals surface area contributed by atoms with E-state index in [1.165, 1.54) is 13.4 Å². The molecule has 1 heterocycles. The van der Waals surface area contributed by atoms with Crippen molar-refractivity contribution < 1.29 is 19.0 Å². The van der Waals surface area contributed by atoms with Crippen LogP contribution in [0.1, 0.15) is 26.2 Å². The molecule has 0 saturated carbocycles. The summed E-state index contributed by atoms with van der Waals surface area (Å²) >= 11 is 0. The molecule has 5 heteroatoms. The number of esters is 1. The molecule has 0 aromatic rings. The van der Waals surface area contributed by atoms with Crippen LogP contribution in [-0.2, 0) is 19.0 Å². The molecule has 4 nitrogen and oxygen atoms in total. The number of rotatable bonds is 3. The average molecular weight is 230 g/mol. The van der Waals surface area contributed by atoms with Crippen LogP contribution in [0.2, 0.25) is 0 Å². The van der Waals surface area contributed by atoms with E-state index in [1.807, 2.05) is 0 Å². The second-order valence-corrected chi connectivity index (χ2v) is 5.39. The average Bonchev–Trinajstić information content (AvgIpc) is 2.18. The molecule has 86 valence electrons. The molecule has 0 bridgehead atoms. The maximum atomic E-state index is 11.6. The Labute approximate surface area is 93.0 Å². The minimum atomic E-state index is -0.627. The first-order chi connectivity index (χ1) is 7.07. The minimum Gasteiger partial charge on any atom is -0.504 e. The van der Waals surface area contributed by atoms with Gasteiger partial charge in [0.1, 0.15) is 0 Å². The van der Waals surface area contributed by atoms with Crippen molar-refractivity contribution in [2.75, 3.05) is 13.7 Å². The van der Waals surface area contributed by atoms with Crippen LogP contribution in [0, 0.1) is 0 Å². The highest BCUT2D eigenvalue weighted by Crippen LogP contribution is 2.23. The van der Waals surface area contributed by atoms with E-state index in [9.17, 15) is 4.79 Å². The van der Waals surface area contributed by atoms with Crippen LogP contribution < -0.4 is 0 Å². The van der Waals surface area contributed by atoms with Crippen molar-refractivity contribution >= 4 is 16.2 Å². The van der Waals surface area contributed by atoms with E-state index in [0.29, 0.717) is 22.4 Å². The van der Waals surface area contributed by atoms with Gasteiger partial charge in [0.25, 0.3) is 0 Å². The third-order valence-electron chi connectivity index (χ3n) is 2.36. The van der Waals surface area contributed by atoms with Crippen LogP contribution >= 0.6 is 0 Å². The van der Waals surface area contributed by atoms with Crippen LogP contribution in [0.5, 0.6) is 0 Å². The van der Waals surface area contributed by atoms with Crippen molar-refractivity contribution in [2.24, 2.45) is 0 Å². The van der Waals surface area contributed by atoms with Crippen molar-refractivity contribution in [3.63, 3.8) is 0 Å². The first kappa shape index (κ1) is 12.3. The fourth-order valence-electron chi connectivity index (χ4n) is 1.49. The minimum absolute atomic E-state index is 0.353. The van der Waals surface area contributed by atoms with Gasteiger partial charge in [0.2, 0.25) is 0 Å². The predicted octanol–water partition coefficient (Wildman–Crippen LogP) is 0.299. The molecule has 1 unspecified atom stereocenters. The van der Waals surface area contributed by atoms with Crippen LogP contribution in [0.15, 0.2) is 11.8 Å². The zero-order valence-corrected chi connectivity index (χ0v) is 11.5.